The van der Waals surface area contributed by atoms with Crippen molar-refractivity contribution in [2.24, 2.45) is 5.73 Å². The molecule has 2 aromatic rings. The molecule has 2 N–H and O–H groups in total. The molecule has 0 saturated heterocycles. The van der Waals surface area contributed by atoms with Gasteiger partial charge in [0.2, 0.25) is 0 Å². The lowest BCUT2D eigenvalue weighted by molar-refractivity contribution is 0.474. The molecule has 3 nitrogen and oxygen atoms in total. The number of aromatic nitrogens is 1. The number of benzene rings is 1. The van der Waals surface area contributed by atoms with Gasteiger partial charge in [-0.15, -0.1) is 12.4 Å². The zero-order chi connectivity index (χ0) is 10.5. The van der Waals surface area contributed by atoms with E-state index in [2.05, 4.69) is 4.98 Å². The molecule has 1 aromatic heterocycles. The van der Waals surface area contributed by atoms with Crippen LogP contribution in [0.2, 0.25) is 0 Å². The number of hydrogen-bond acceptors (Lipinski definition) is 3. The summed E-state index contributed by atoms with van der Waals surface area (Å²) in [6, 6.07) is 11.4. The third-order valence-electron chi connectivity index (χ3n) is 2.05. The van der Waals surface area contributed by atoms with Crippen LogP contribution in [0, 0.1) is 0 Å². The molecule has 0 bridgehead atoms. The maximum absolute atomic E-state index is 5.66. The lowest BCUT2D eigenvalue weighted by Gasteiger charge is -2.08. The van der Waals surface area contributed by atoms with Crippen LogP contribution in [0.15, 0.2) is 48.8 Å². The van der Waals surface area contributed by atoms with Gasteiger partial charge in [-0.1, -0.05) is 18.2 Å². The van der Waals surface area contributed by atoms with Crippen molar-refractivity contribution >= 4 is 12.4 Å². The van der Waals surface area contributed by atoms with Crippen molar-refractivity contribution in [1.82, 2.24) is 4.98 Å². The van der Waals surface area contributed by atoms with Crippen LogP contribution >= 0.6 is 12.4 Å². The van der Waals surface area contributed by atoms with Crippen molar-refractivity contribution in [3.8, 4) is 11.5 Å². The molecule has 0 saturated carbocycles. The lowest BCUT2D eigenvalue weighted by Crippen LogP contribution is -1.98. The lowest BCUT2D eigenvalue weighted by atomic mass is 10.2. The third-order valence-corrected chi connectivity index (χ3v) is 2.05. The highest BCUT2D eigenvalue weighted by Crippen LogP contribution is 2.23. The number of para-hydroxylation sites is 1. The largest absolute Gasteiger partial charge is 0.455 e. The highest BCUT2D eigenvalue weighted by Gasteiger charge is 2.01. The molecule has 2 rings (SSSR count). The highest BCUT2D eigenvalue weighted by atomic mass is 35.5. The van der Waals surface area contributed by atoms with Gasteiger partial charge in [0.1, 0.15) is 11.5 Å². The molecule has 0 unspecified atom stereocenters. The van der Waals surface area contributed by atoms with E-state index in [1.165, 1.54) is 0 Å². The third kappa shape index (κ3) is 2.95. The summed E-state index contributed by atoms with van der Waals surface area (Å²) in [5.41, 5.74) is 6.60. The zero-order valence-electron chi connectivity index (χ0n) is 8.67. The average molecular weight is 237 g/mol. The van der Waals surface area contributed by atoms with Crippen molar-refractivity contribution in [3.05, 3.63) is 54.4 Å². The molecule has 0 amide bonds. The molecular formula is C12H13ClN2O. The second-order valence-electron chi connectivity index (χ2n) is 3.10. The van der Waals surface area contributed by atoms with E-state index in [9.17, 15) is 0 Å². The van der Waals surface area contributed by atoms with E-state index in [0.717, 1.165) is 17.1 Å². The summed E-state index contributed by atoms with van der Waals surface area (Å²) in [6.07, 6.45) is 3.38. The fourth-order valence-corrected chi connectivity index (χ4v) is 1.31. The predicted molar refractivity (Wildman–Crippen MR) is 65.9 cm³/mol. The maximum Gasteiger partial charge on any atom is 0.145 e. The summed E-state index contributed by atoms with van der Waals surface area (Å²) in [7, 11) is 0. The van der Waals surface area contributed by atoms with E-state index in [-0.39, 0.29) is 12.4 Å². The Bertz CT molecular complexity index is 434. The number of nitrogens with two attached hydrogens (primary N) is 1. The molecule has 0 radical (unpaired) electrons. The standard InChI is InChI=1S/C12H12N2O.ClH/c13-8-10-4-1-2-6-12(10)15-11-5-3-7-14-9-11;/h1-7,9H,8,13H2;1H. The minimum absolute atomic E-state index is 0. The van der Waals surface area contributed by atoms with E-state index in [0.29, 0.717) is 6.54 Å². The van der Waals surface area contributed by atoms with Crippen LogP contribution in [0.3, 0.4) is 0 Å². The Labute approximate surface area is 101 Å². The Morgan fingerprint density at radius 3 is 2.62 bits per heavy atom. The molecule has 1 aromatic carbocycles. The van der Waals surface area contributed by atoms with E-state index >= 15 is 0 Å². The molecule has 0 aliphatic rings. The first-order valence-electron chi connectivity index (χ1n) is 4.76. The number of rotatable bonds is 3. The van der Waals surface area contributed by atoms with Crippen LogP contribution in [-0.2, 0) is 6.54 Å². The maximum atomic E-state index is 5.66. The molecule has 0 spiro atoms. The summed E-state index contributed by atoms with van der Waals surface area (Å²) in [5.74, 6) is 1.51. The van der Waals surface area contributed by atoms with Gasteiger partial charge in [0, 0.05) is 18.3 Å². The quantitative estimate of drug-likeness (QED) is 0.892. The van der Waals surface area contributed by atoms with Crippen molar-refractivity contribution in [2.75, 3.05) is 0 Å². The fraction of sp³-hybridized carbons (Fsp3) is 0.0833. The van der Waals surface area contributed by atoms with E-state index in [1.54, 1.807) is 12.4 Å². The van der Waals surface area contributed by atoms with Crippen molar-refractivity contribution in [2.45, 2.75) is 6.54 Å². The van der Waals surface area contributed by atoms with Crippen LogP contribution in [0.25, 0.3) is 0 Å². The fourth-order valence-electron chi connectivity index (χ4n) is 1.31. The molecule has 0 atom stereocenters. The number of nitrogens with zero attached hydrogens (tertiary/aromatic N) is 1. The Balaban J connectivity index is 0.00000128. The number of hydrogen-bond donors (Lipinski definition) is 1. The predicted octanol–water partition coefficient (Wildman–Crippen LogP) is 2.75. The van der Waals surface area contributed by atoms with Crippen LogP contribution in [0.4, 0.5) is 0 Å². The normalized spacial score (nSPS) is 9.31. The van der Waals surface area contributed by atoms with E-state index in [4.69, 9.17) is 10.5 Å². The summed E-state index contributed by atoms with van der Waals surface area (Å²) in [5, 5.41) is 0. The second-order valence-corrected chi connectivity index (χ2v) is 3.10. The molecule has 4 heteroatoms. The molecule has 0 aliphatic carbocycles. The second kappa shape index (κ2) is 6.10. The highest BCUT2D eigenvalue weighted by molar-refractivity contribution is 5.85. The van der Waals surface area contributed by atoms with Crippen LogP contribution in [-0.4, -0.2) is 4.98 Å². The first kappa shape index (κ1) is 12.5. The molecule has 1 heterocycles. The van der Waals surface area contributed by atoms with Crippen LogP contribution < -0.4 is 10.5 Å². The summed E-state index contributed by atoms with van der Waals surface area (Å²) >= 11 is 0. The van der Waals surface area contributed by atoms with Gasteiger partial charge in [0.05, 0.1) is 6.20 Å². The first-order chi connectivity index (χ1) is 7.40. The van der Waals surface area contributed by atoms with Gasteiger partial charge in [0.25, 0.3) is 0 Å². The zero-order valence-corrected chi connectivity index (χ0v) is 9.48. The summed E-state index contributed by atoms with van der Waals surface area (Å²) in [6.45, 7) is 0.469. The van der Waals surface area contributed by atoms with Gasteiger partial charge in [-0.3, -0.25) is 4.98 Å². The molecule has 0 aliphatic heterocycles. The number of halogens is 1. The number of pyridine rings is 1. The Morgan fingerprint density at radius 2 is 1.94 bits per heavy atom. The Kier molecular flexibility index (Phi) is 4.76. The van der Waals surface area contributed by atoms with E-state index < -0.39 is 0 Å². The number of ether oxygens (including phenoxy) is 1. The monoisotopic (exact) mass is 236 g/mol. The Morgan fingerprint density at radius 1 is 1.12 bits per heavy atom. The summed E-state index contributed by atoms with van der Waals surface area (Å²) in [4.78, 5) is 3.98. The molecular weight excluding hydrogens is 224 g/mol. The molecule has 84 valence electrons. The van der Waals surface area contributed by atoms with Gasteiger partial charge in [0.15, 0.2) is 0 Å². The SMILES string of the molecule is Cl.NCc1ccccc1Oc1cccnc1. The Hall–Kier alpha value is -1.58. The smallest absolute Gasteiger partial charge is 0.145 e. The first-order valence-corrected chi connectivity index (χ1v) is 4.76. The summed E-state index contributed by atoms with van der Waals surface area (Å²) < 4.78 is 5.66. The van der Waals surface area contributed by atoms with Gasteiger partial charge < -0.3 is 10.5 Å². The minimum Gasteiger partial charge on any atom is -0.455 e. The van der Waals surface area contributed by atoms with Gasteiger partial charge in [-0.05, 0) is 18.2 Å². The minimum atomic E-state index is 0. The molecule has 16 heavy (non-hydrogen) atoms. The van der Waals surface area contributed by atoms with Crippen molar-refractivity contribution in [3.63, 3.8) is 0 Å². The average Bonchev–Trinajstić information content (AvgIpc) is 2.31. The topological polar surface area (TPSA) is 48.1 Å². The van der Waals surface area contributed by atoms with Gasteiger partial charge in [-0.2, -0.15) is 0 Å². The molecule has 0 fully saturated rings. The van der Waals surface area contributed by atoms with Crippen LogP contribution in [0.1, 0.15) is 5.56 Å². The van der Waals surface area contributed by atoms with Gasteiger partial charge in [-0.25, -0.2) is 0 Å². The van der Waals surface area contributed by atoms with Crippen LogP contribution in [0.5, 0.6) is 11.5 Å². The van der Waals surface area contributed by atoms with Gasteiger partial charge >= 0.3 is 0 Å². The van der Waals surface area contributed by atoms with E-state index in [1.807, 2.05) is 36.4 Å². The van der Waals surface area contributed by atoms with Crippen molar-refractivity contribution in [1.29, 1.82) is 0 Å². The van der Waals surface area contributed by atoms with Crippen molar-refractivity contribution < 1.29 is 4.74 Å².